The van der Waals surface area contributed by atoms with Gasteiger partial charge in [-0.25, -0.2) is 88.2 Å². The number of anilines is 1. The van der Waals surface area contributed by atoms with Crippen LogP contribution in [0.2, 0.25) is 51.4 Å². The quantitative estimate of drug-likeness (QED) is 0.0134. The van der Waals surface area contributed by atoms with Crippen LogP contribution in [0.3, 0.4) is 0 Å². The van der Waals surface area contributed by atoms with Gasteiger partial charge in [0.2, 0.25) is 20.0 Å². The molecule has 0 unspecified atom stereocenters. The molecule has 4 heterocycles. The summed E-state index contributed by atoms with van der Waals surface area (Å²) in [4.78, 5) is 21.5. The Morgan fingerprint density at radius 2 is 0.956 bits per heavy atom. The highest BCUT2D eigenvalue weighted by atomic mass is 35.5. The van der Waals surface area contributed by atoms with Crippen LogP contribution in [0.1, 0.15) is 97.9 Å². The summed E-state index contributed by atoms with van der Waals surface area (Å²) in [6.45, 7) is 24.0. The zero-order chi connectivity index (χ0) is 84.8. The second-order valence-corrected chi connectivity index (χ2v) is 46.9. The summed E-state index contributed by atoms with van der Waals surface area (Å²) in [6.07, 6.45) is 5.24. The van der Waals surface area contributed by atoms with E-state index in [4.69, 9.17) is 41.6 Å². The topological polar surface area (TPSA) is 365 Å². The smallest absolute Gasteiger partial charge is 0.237 e. The molecule has 4 aliphatic heterocycles. The fourth-order valence-electron chi connectivity index (χ4n) is 10.1. The van der Waals surface area contributed by atoms with E-state index in [2.05, 4.69) is 64.4 Å². The van der Waals surface area contributed by atoms with Crippen molar-refractivity contribution in [2.75, 3.05) is 79.5 Å². The number of primary sulfonamides is 1. The molecule has 24 nitrogen and oxygen atoms in total. The van der Waals surface area contributed by atoms with Crippen molar-refractivity contribution in [3.05, 3.63) is 176 Å². The number of phenols is 1. The van der Waals surface area contributed by atoms with Crippen LogP contribution in [0.5, 0.6) is 17.2 Å². The van der Waals surface area contributed by atoms with Gasteiger partial charge in [0.25, 0.3) is 0 Å². The molecule has 4 aliphatic rings. The number of benzene rings is 6. The fourth-order valence-corrected chi connectivity index (χ4v) is 16.7. The molecule has 6 aromatic rings. The Balaban J connectivity index is 0.000000293. The van der Waals surface area contributed by atoms with Crippen LogP contribution in [0.25, 0.3) is 0 Å². The number of rotatable bonds is 25. The third-order valence-electron chi connectivity index (χ3n) is 15.6. The molecule has 0 atom stereocenters. The van der Waals surface area contributed by atoms with E-state index >= 15 is 0 Å². The van der Waals surface area contributed by atoms with Gasteiger partial charge in [-0.15, -0.1) is 0 Å². The van der Waals surface area contributed by atoms with Crippen LogP contribution < -0.4 is 14.2 Å². The largest absolute Gasteiger partial charge is 0.508 e. The number of aliphatic imine (C=N–C) groups is 4. The van der Waals surface area contributed by atoms with Crippen molar-refractivity contribution in [1.29, 1.82) is 21.0 Å². The lowest BCUT2D eigenvalue weighted by Crippen LogP contribution is -2.37. The number of nitriles is 4. The van der Waals surface area contributed by atoms with Gasteiger partial charge >= 0.3 is 0 Å². The molecule has 0 fully saturated rings. The molecule has 0 saturated carbocycles. The Hall–Kier alpha value is -9.20. The number of hydrogen-bond acceptors (Lipinski definition) is 22. The second-order valence-electron chi connectivity index (χ2n) is 27.4. The maximum absolute atomic E-state index is 14.4. The Labute approximate surface area is 662 Å². The number of sulfone groups is 2. The van der Waals surface area contributed by atoms with Crippen LogP contribution in [0.15, 0.2) is 105 Å². The minimum absolute atomic E-state index is 0.0770. The standard InChI is InChI=1S/C21H19FN4O3S.C16H24F2N2O3SSi.C11H11F2NO2S.C10H9N3O.C7H2F3N.C6H15ClOSi.C3H9NO2S/c1-2-9-30(27,28)12-17-16(11-23)20(6-4-18(17)22)29-14-3-5-19-15(10-14)21-24-7-8-26(21)13-25-19;1-5-9-24(21,22)20(12-23-8-10-25(2,3)4)16-13(11-19)14(17)6-7-15(16)18;1-2-5-17(15,16)7-9-8(6-14)10(12)3-4-11(9)13;14-7-1-2-9-8(5-7)10-11-3-4-13(10)6-12-9;8-5-1-2-6(9)7(10)4(5)3-11;1-9(2,3)5-4-8-6-7;1-2-3-7(4,5)6/h3-6,10,13H,2,7-9,12H2,1H3;6-7H,5,8-10,12H2,1-4H3;3-4H,2,5,7H2,1H3;1-2,5-6,14H,3-4H2;1-2H;4-6H2,1-3H3;2-3H2,1H3,(H2,4,5,6). The molecule has 3 N–H and O–H groups in total. The molecule has 0 spiro atoms. The molecule has 612 valence electrons. The molecular formula is C74H89ClF8N12O12S4Si2. The molecule has 6 aromatic carbocycles. The third kappa shape index (κ3) is 30.6. The maximum Gasteiger partial charge on any atom is 0.237 e. The number of aromatic hydroxyl groups is 1. The summed E-state index contributed by atoms with van der Waals surface area (Å²) in [5, 5.41) is 49.6. The molecule has 0 aliphatic carbocycles. The van der Waals surface area contributed by atoms with Gasteiger partial charge < -0.3 is 29.1 Å². The summed E-state index contributed by atoms with van der Waals surface area (Å²) >= 11 is 5.32. The predicted octanol–water partition coefficient (Wildman–Crippen LogP) is 14.7. The maximum atomic E-state index is 14.4. The van der Waals surface area contributed by atoms with Gasteiger partial charge in [-0.05, 0) is 123 Å². The first kappa shape index (κ1) is 96.2. The van der Waals surface area contributed by atoms with Crippen molar-refractivity contribution in [1.82, 2.24) is 9.80 Å². The number of ether oxygens (including phenoxy) is 3. The molecule has 0 saturated heterocycles. The summed E-state index contributed by atoms with van der Waals surface area (Å²) in [5.41, 5.74) is 0.0180. The molecule has 0 aromatic heterocycles. The number of phenolic OH excluding ortho intramolecular Hbond substituents is 1. The van der Waals surface area contributed by atoms with Gasteiger partial charge in [0, 0.05) is 64.7 Å². The Morgan fingerprint density at radius 3 is 1.41 bits per heavy atom. The van der Waals surface area contributed by atoms with E-state index < -0.39 is 143 Å². The van der Waals surface area contributed by atoms with Gasteiger partial charge in [-0.3, -0.25) is 9.98 Å². The van der Waals surface area contributed by atoms with Crippen molar-refractivity contribution in [2.24, 2.45) is 25.1 Å². The first-order valence-corrected chi connectivity index (χ1v) is 49.9. The normalized spacial score (nSPS) is 13.0. The minimum Gasteiger partial charge on any atom is -0.508 e. The number of alkyl halides is 1. The zero-order valence-corrected chi connectivity index (χ0v) is 69.9. The average molecular weight is 1710 g/mol. The lowest BCUT2D eigenvalue weighted by Gasteiger charge is -2.26. The van der Waals surface area contributed by atoms with Crippen LogP contribution in [0, 0.1) is 91.9 Å². The van der Waals surface area contributed by atoms with E-state index in [1.165, 1.54) is 24.2 Å². The molecule has 0 amide bonds. The summed E-state index contributed by atoms with van der Waals surface area (Å²) in [6, 6.07) is 25.9. The number of nitrogens with zero attached hydrogens (tertiary/aromatic N) is 11. The van der Waals surface area contributed by atoms with Crippen molar-refractivity contribution >= 4 is 109 Å². The summed E-state index contributed by atoms with van der Waals surface area (Å²) < 4.78 is 216. The predicted molar refractivity (Wildman–Crippen MR) is 426 cm³/mol. The van der Waals surface area contributed by atoms with Crippen molar-refractivity contribution < 1.29 is 88.1 Å². The lowest BCUT2D eigenvalue weighted by molar-refractivity contribution is 0.156. The van der Waals surface area contributed by atoms with Crippen molar-refractivity contribution in [2.45, 2.75) is 116 Å². The number of fused-ring (bicyclic) bond motifs is 6. The van der Waals surface area contributed by atoms with E-state index in [1.807, 2.05) is 15.9 Å². The van der Waals surface area contributed by atoms with E-state index in [0.29, 0.717) is 67.1 Å². The highest BCUT2D eigenvalue weighted by Crippen LogP contribution is 2.36. The summed E-state index contributed by atoms with van der Waals surface area (Å²) in [5.74, 6) is -7.23. The monoisotopic (exact) mass is 1710 g/mol. The van der Waals surface area contributed by atoms with Crippen molar-refractivity contribution in [3.8, 4) is 41.5 Å². The average Bonchev–Trinajstić information content (AvgIpc) is 1.77. The molecule has 10 rings (SSSR count). The molecular weight excluding hydrogens is 1620 g/mol. The number of halogens is 9. The van der Waals surface area contributed by atoms with Gasteiger partial charge in [0.1, 0.15) is 123 Å². The Kier molecular flexibility index (Phi) is 37.8. The minimum atomic E-state index is -3.95. The zero-order valence-electron chi connectivity index (χ0n) is 63.8. The van der Waals surface area contributed by atoms with E-state index in [0.717, 1.165) is 96.8 Å². The van der Waals surface area contributed by atoms with E-state index in [-0.39, 0.29) is 51.2 Å². The Bertz CT molecular complexity index is 5110. The fraction of sp³-hybridized carbons (Fsp3) is 0.405. The van der Waals surface area contributed by atoms with E-state index in [1.54, 1.807) is 82.8 Å². The van der Waals surface area contributed by atoms with E-state index in [9.17, 15) is 79.2 Å². The molecule has 0 radical (unpaired) electrons. The first-order chi connectivity index (χ1) is 53.0. The Morgan fingerprint density at radius 1 is 0.531 bits per heavy atom. The van der Waals surface area contributed by atoms with Gasteiger partial charge in [0.05, 0.1) is 77.2 Å². The third-order valence-corrected chi connectivity index (χ3v) is 25.6. The number of sulfonamides is 2. The number of nitrogens with two attached hydrogens (primary N) is 1. The lowest BCUT2D eigenvalue weighted by atomic mass is 10.1. The van der Waals surface area contributed by atoms with Crippen molar-refractivity contribution in [3.63, 3.8) is 0 Å². The first-order valence-electron chi connectivity index (χ1n) is 35.0. The SMILES string of the molecule is CCCS(=O)(=O)Cc1c(F)ccc(F)c1C#N.CCCS(=O)(=O)Cc1c(F)ccc(Oc2ccc3c(c2)C2=NCCN2C=N3)c1C#N.CCCS(=O)(=O)N(COCC[Si](C)(C)C)c1c(F)ccc(F)c1C#N.CCCS(N)(=O)=O.C[Si](C)(C)CCOCCl.N#Cc1c(F)ccc(F)c1F.Oc1ccc2c(c1)C1=NCCN1C=N2. The van der Waals surface area contributed by atoms with Gasteiger partial charge in [-0.1, -0.05) is 78.6 Å². The van der Waals surface area contributed by atoms with Crippen LogP contribution in [0.4, 0.5) is 52.2 Å². The van der Waals surface area contributed by atoms with Crippen LogP contribution in [-0.4, -0.2) is 164 Å². The second kappa shape index (κ2) is 44.5. The molecule has 39 heteroatoms. The van der Waals surface area contributed by atoms with Crippen LogP contribution >= 0.6 is 11.6 Å². The summed E-state index contributed by atoms with van der Waals surface area (Å²) in [7, 11) is -16.4. The highest BCUT2D eigenvalue weighted by Gasteiger charge is 2.31. The number of hydrogen-bond donors (Lipinski definition) is 2. The van der Waals surface area contributed by atoms with Crippen LogP contribution in [-0.2, 0) is 60.7 Å². The van der Waals surface area contributed by atoms with Gasteiger partial charge in [-0.2, -0.15) is 21.0 Å². The highest BCUT2D eigenvalue weighted by molar-refractivity contribution is 7.92. The molecule has 0 bridgehead atoms. The molecule has 113 heavy (non-hydrogen) atoms. The van der Waals surface area contributed by atoms with Gasteiger partial charge in [0.15, 0.2) is 31.3 Å². The number of amidine groups is 2.